The normalized spacial score (nSPS) is 13.0. The zero-order valence-corrected chi connectivity index (χ0v) is 10.9. The van der Waals surface area contributed by atoms with Crippen molar-refractivity contribution in [2.45, 2.75) is 0 Å². The Kier molecular flexibility index (Phi) is 3.39. The first-order valence-corrected chi connectivity index (χ1v) is 6.32. The third-order valence-electron chi connectivity index (χ3n) is 3.10. The molecule has 0 unspecified atom stereocenters. The van der Waals surface area contributed by atoms with E-state index < -0.39 is 17.5 Å². The van der Waals surface area contributed by atoms with Crippen LogP contribution in [0.1, 0.15) is 5.56 Å². The molecule has 0 aliphatic carbocycles. The second-order valence-corrected chi connectivity index (χ2v) is 4.58. The highest BCUT2D eigenvalue weighted by Crippen LogP contribution is 2.26. The van der Waals surface area contributed by atoms with Crippen molar-refractivity contribution in [1.82, 2.24) is 0 Å². The van der Waals surface area contributed by atoms with Crippen molar-refractivity contribution in [3.8, 4) is 5.75 Å². The van der Waals surface area contributed by atoms with E-state index in [1.807, 2.05) is 24.3 Å². The van der Waals surface area contributed by atoms with Gasteiger partial charge in [-0.3, -0.25) is 4.79 Å². The van der Waals surface area contributed by atoms with Crippen molar-refractivity contribution < 1.29 is 18.3 Å². The van der Waals surface area contributed by atoms with Crippen molar-refractivity contribution in [3.63, 3.8) is 0 Å². The van der Waals surface area contributed by atoms with E-state index in [-0.39, 0.29) is 12.3 Å². The van der Waals surface area contributed by atoms with E-state index in [1.54, 1.807) is 6.08 Å². The molecular weight excluding hydrogens is 276 g/mol. The van der Waals surface area contributed by atoms with E-state index in [0.717, 1.165) is 17.7 Å². The molecule has 3 nitrogen and oxygen atoms in total. The number of anilines is 1. The number of hydrogen-bond acceptors (Lipinski definition) is 2. The highest BCUT2D eigenvalue weighted by Gasteiger charge is 2.17. The van der Waals surface area contributed by atoms with Gasteiger partial charge < -0.3 is 10.1 Å². The van der Waals surface area contributed by atoms with Gasteiger partial charge in [-0.25, -0.2) is 8.78 Å². The van der Waals surface area contributed by atoms with Crippen LogP contribution in [0, 0.1) is 11.6 Å². The lowest BCUT2D eigenvalue weighted by atomic mass is 10.1. The van der Waals surface area contributed by atoms with Gasteiger partial charge in [0.25, 0.3) is 5.91 Å². The summed E-state index contributed by atoms with van der Waals surface area (Å²) in [6.07, 6.45) is 1.72. The monoisotopic (exact) mass is 287 g/mol. The molecule has 0 bridgehead atoms. The van der Waals surface area contributed by atoms with Crippen LogP contribution < -0.4 is 10.1 Å². The largest absolute Gasteiger partial charge is 0.488 e. The van der Waals surface area contributed by atoms with Crippen LogP contribution in [-0.2, 0) is 4.79 Å². The fourth-order valence-corrected chi connectivity index (χ4v) is 2.03. The Morgan fingerprint density at radius 3 is 2.71 bits per heavy atom. The molecule has 1 N–H and O–H groups in total. The number of amides is 1. The van der Waals surface area contributed by atoms with Crippen molar-refractivity contribution in [1.29, 1.82) is 0 Å². The smallest absolute Gasteiger partial charge is 0.255 e. The summed E-state index contributed by atoms with van der Waals surface area (Å²) < 4.78 is 31.4. The minimum Gasteiger partial charge on any atom is -0.488 e. The molecule has 0 radical (unpaired) electrons. The Morgan fingerprint density at radius 2 is 1.90 bits per heavy atom. The number of benzene rings is 2. The minimum atomic E-state index is -1.01. The second kappa shape index (κ2) is 5.36. The molecule has 0 saturated heterocycles. The molecule has 1 aliphatic rings. The second-order valence-electron chi connectivity index (χ2n) is 4.58. The fraction of sp³-hybridized carbons (Fsp3) is 0.0625. The van der Waals surface area contributed by atoms with E-state index in [0.29, 0.717) is 11.3 Å². The van der Waals surface area contributed by atoms with Crippen LogP contribution in [0.15, 0.2) is 48.0 Å². The van der Waals surface area contributed by atoms with Gasteiger partial charge in [0, 0.05) is 17.3 Å². The molecule has 1 aliphatic heterocycles. The van der Waals surface area contributed by atoms with Crippen molar-refractivity contribution in [3.05, 3.63) is 65.2 Å². The molecule has 5 heteroatoms. The number of ether oxygens (including phenoxy) is 1. The molecule has 0 atom stereocenters. The molecule has 106 valence electrons. The van der Waals surface area contributed by atoms with Crippen LogP contribution in [0.5, 0.6) is 5.75 Å². The number of fused-ring (bicyclic) bond motifs is 1. The molecule has 21 heavy (non-hydrogen) atoms. The zero-order chi connectivity index (χ0) is 14.8. The number of para-hydroxylation sites is 1. The fourth-order valence-electron chi connectivity index (χ4n) is 2.03. The first-order chi connectivity index (χ1) is 10.1. The van der Waals surface area contributed by atoms with E-state index >= 15 is 0 Å². The molecule has 1 amide bonds. The maximum atomic E-state index is 13.1. The van der Waals surface area contributed by atoms with Gasteiger partial charge in [-0.05, 0) is 24.3 Å². The van der Waals surface area contributed by atoms with Gasteiger partial charge in [-0.2, -0.15) is 0 Å². The van der Waals surface area contributed by atoms with Gasteiger partial charge in [-0.1, -0.05) is 18.2 Å². The Labute approximate surface area is 119 Å². The van der Waals surface area contributed by atoms with Gasteiger partial charge in [0.15, 0.2) is 11.6 Å². The highest BCUT2D eigenvalue weighted by atomic mass is 19.2. The number of rotatable bonds is 2. The average Bonchev–Trinajstić information content (AvgIpc) is 2.50. The first-order valence-electron chi connectivity index (χ1n) is 6.32. The molecule has 0 spiro atoms. The molecule has 1 heterocycles. The van der Waals surface area contributed by atoms with Gasteiger partial charge in [0.1, 0.15) is 12.4 Å². The molecule has 2 aromatic rings. The predicted molar refractivity (Wildman–Crippen MR) is 74.9 cm³/mol. The number of hydrogen-bond donors (Lipinski definition) is 1. The van der Waals surface area contributed by atoms with E-state index in [4.69, 9.17) is 4.74 Å². The standard InChI is InChI=1S/C16H11F2NO2/c17-13-6-5-12(8-14(13)18)19-16(20)11-7-10-3-1-2-4-15(10)21-9-11/h1-8H,9H2,(H,19,20). The summed E-state index contributed by atoms with van der Waals surface area (Å²) in [6.45, 7) is 0.131. The molecule has 0 aromatic heterocycles. The molecule has 0 fully saturated rings. The van der Waals surface area contributed by atoms with Crippen molar-refractivity contribution in [2.24, 2.45) is 0 Å². The Morgan fingerprint density at radius 1 is 1.10 bits per heavy atom. The number of halogens is 2. The number of carbonyl (C=O) groups excluding carboxylic acids is 1. The summed E-state index contributed by atoms with van der Waals surface area (Å²) in [5.74, 6) is -1.66. The lowest BCUT2D eigenvalue weighted by molar-refractivity contribution is -0.113. The summed E-state index contributed by atoms with van der Waals surface area (Å²) >= 11 is 0. The van der Waals surface area contributed by atoms with E-state index in [2.05, 4.69) is 5.32 Å². The molecular formula is C16H11F2NO2. The summed E-state index contributed by atoms with van der Waals surface area (Å²) in [5, 5.41) is 2.52. The summed E-state index contributed by atoms with van der Waals surface area (Å²) in [6, 6.07) is 10.5. The third-order valence-corrected chi connectivity index (χ3v) is 3.10. The van der Waals surface area contributed by atoms with Crippen LogP contribution in [0.3, 0.4) is 0 Å². The van der Waals surface area contributed by atoms with Crippen LogP contribution in [0.4, 0.5) is 14.5 Å². The molecule has 0 saturated carbocycles. The topological polar surface area (TPSA) is 38.3 Å². The number of nitrogens with one attached hydrogen (secondary N) is 1. The summed E-state index contributed by atoms with van der Waals surface area (Å²) in [4.78, 5) is 12.1. The van der Waals surface area contributed by atoms with Crippen LogP contribution in [-0.4, -0.2) is 12.5 Å². The average molecular weight is 287 g/mol. The maximum absolute atomic E-state index is 13.1. The Hall–Kier alpha value is -2.69. The van der Waals surface area contributed by atoms with E-state index in [1.165, 1.54) is 6.07 Å². The van der Waals surface area contributed by atoms with E-state index in [9.17, 15) is 13.6 Å². The Bertz CT molecular complexity index is 741. The van der Waals surface area contributed by atoms with Crippen molar-refractivity contribution >= 4 is 17.7 Å². The molecule has 2 aromatic carbocycles. The van der Waals surface area contributed by atoms with Crippen molar-refractivity contribution in [2.75, 3.05) is 11.9 Å². The van der Waals surface area contributed by atoms with Gasteiger partial charge in [0.05, 0.1) is 5.57 Å². The third kappa shape index (κ3) is 2.76. The van der Waals surface area contributed by atoms with Gasteiger partial charge in [0.2, 0.25) is 0 Å². The molecule has 3 rings (SSSR count). The first kappa shape index (κ1) is 13.3. The maximum Gasteiger partial charge on any atom is 0.255 e. The van der Waals surface area contributed by atoms with Crippen LogP contribution in [0.2, 0.25) is 0 Å². The van der Waals surface area contributed by atoms with Crippen LogP contribution in [0.25, 0.3) is 6.08 Å². The summed E-state index contributed by atoms with van der Waals surface area (Å²) in [5.41, 5.74) is 1.41. The Balaban J connectivity index is 1.80. The summed E-state index contributed by atoms with van der Waals surface area (Å²) in [7, 11) is 0. The number of carbonyl (C=O) groups is 1. The minimum absolute atomic E-state index is 0.131. The van der Waals surface area contributed by atoms with Gasteiger partial charge >= 0.3 is 0 Å². The zero-order valence-electron chi connectivity index (χ0n) is 10.9. The quantitative estimate of drug-likeness (QED) is 0.919. The lowest BCUT2D eigenvalue weighted by Gasteiger charge is -2.17. The van der Waals surface area contributed by atoms with Crippen LogP contribution >= 0.6 is 0 Å². The lowest BCUT2D eigenvalue weighted by Crippen LogP contribution is -2.21. The highest BCUT2D eigenvalue weighted by molar-refractivity contribution is 6.07. The predicted octanol–water partition coefficient (Wildman–Crippen LogP) is 3.38. The SMILES string of the molecule is O=C(Nc1ccc(F)c(F)c1)C1=Cc2ccccc2OC1. The van der Waals surface area contributed by atoms with Gasteiger partial charge in [-0.15, -0.1) is 0 Å².